The lowest BCUT2D eigenvalue weighted by molar-refractivity contribution is -0.143. The molecule has 150 valence electrons. The molecule has 0 amide bonds. The highest BCUT2D eigenvalue weighted by Gasteiger charge is 2.34. The van der Waals surface area contributed by atoms with E-state index >= 15 is 0 Å². The maximum Gasteiger partial charge on any atom is 0.313 e. The lowest BCUT2D eigenvalue weighted by Crippen LogP contribution is -2.32. The summed E-state index contributed by atoms with van der Waals surface area (Å²) >= 11 is 0. The number of benzene rings is 1. The van der Waals surface area contributed by atoms with Crippen molar-refractivity contribution in [1.29, 1.82) is 0 Å². The fourth-order valence-corrected chi connectivity index (χ4v) is 3.37. The molecule has 0 bridgehead atoms. The van der Waals surface area contributed by atoms with Gasteiger partial charge in [0.1, 0.15) is 5.78 Å². The Labute approximate surface area is 163 Å². The summed E-state index contributed by atoms with van der Waals surface area (Å²) in [6.07, 6.45) is 5.37. The second-order valence-corrected chi connectivity index (χ2v) is 7.94. The number of Topliss-reactive ketones (excluding diaryl/α,β-unsaturated/α-hetero) is 1. The molecule has 1 aromatic carbocycles. The highest BCUT2D eigenvalue weighted by molar-refractivity contribution is 5.81. The fraction of sp³-hybridized carbons (Fsp3) is 0.565. The number of aliphatic carboxylic acids is 1. The minimum Gasteiger partial charge on any atom is -0.481 e. The van der Waals surface area contributed by atoms with Gasteiger partial charge < -0.3 is 10.2 Å². The third-order valence-electron chi connectivity index (χ3n) is 5.93. The van der Waals surface area contributed by atoms with E-state index < -0.39 is 11.4 Å². The van der Waals surface area contributed by atoms with Crippen molar-refractivity contribution in [2.24, 2.45) is 5.41 Å². The van der Waals surface area contributed by atoms with E-state index in [1.54, 1.807) is 6.92 Å². The quantitative estimate of drug-likeness (QED) is 0.510. The van der Waals surface area contributed by atoms with Crippen LogP contribution in [0.4, 0.5) is 0 Å². The van der Waals surface area contributed by atoms with Crippen LogP contribution in [-0.2, 0) is 15.0 Å². The van der Waals surface area contributed by atoms with Crippen molar-refractivity contribution in [3.63, 3.8) is 0 Å². The maximum absolute atomic E-state index is 12.2. The highest BCUT2D eigenvalue weighted by Crippen LogP contribution is 2.33. The van der Waals surface area contributed by atoms with Crippen LogP contribution in [0.3, 0.4) is 0 Å². The van der Waals surface area contributed by atoms with Gasteiger partial charge in [0.15, 0.2) is 0 Å². The summed E-state index contributed by atoms with van der Waals surface area (Å²) in [5.74, 6) is -0.698. The van der Waals surface area contributed by atoms with Crippen molar-refractivity contribution >= 4 is 11.8 Å². The van der Waals surface area contributed by atoms with Gasteiger partial charge in [-0.05, 0) is 52.0 Å². The standard InChI is InChI=1S/C23H34O4/c1-5-18(2)22(3,17-24)15-9-13-20(25)14-10-16-23(4,21(26)27)19-11-7-6-8-12-19/h5-8,11-12,24H,9-10,13-17H2,1-4H3,(H,26,27)/b18-5+. The number of allylic oxidation sites excluding steroid dienone is 1. The average Bonchev–Trinajstić information content (AvgIpc) is 2.67. The molecule has 0 aliphatic heterocycles. The Morgan fingerprint density at radius 2 is 1.59 bits per heavy atom. The molecule has 27 heavy (non-hydrogen) atoms. The van der Waals surface area contributed by atoms with Crippen LogP contribution in [0.1, 0.15) is 71.8 Å². The van der Waals surface area contributed by atoms with E-state index in [-0.39, 0.29) is 17.8 Å². The van der Waals surface area contributed by atoms with Crippen molar-refractivity contribution in [2.75, 3.05) is 6.61 Å². The van der Waals surface area contributed by atoms with Crippen LogP contribution >= 0.6 is 0 Å². The molecule has 2 atom stereocenters. The molecule has 0 aliphatic carbocycles. The molecule has 0 fully saturated rings. The maximum atomic E-state index is 12.2. The van der Waals surface area contributed by atoms with Gasteiger partial charge in [-0.2, -0.15) is 0 Å². The first kappa shape index (κ1) is 23.1. The van der Waals surface area contributed by atoms with Gasteiger partial charge >= 0.3 is 5.97 Å². The summed E-state index contributed by atoms with van der Waals surface area (Å²) in [5, 5.41) is 19.3. The number of hydrogen-bond donors (Lipinski definition) is 2. The van der Waals surface area contributed by atoms with Gasteiger partial charge in [0.25, 0.3) is 0 Å². The number of rotatable bonds is 12. The molecule has 2 N–H and O–H groups in total. The number of carboxylic acid groups (broad SMARTS) is 1. The van der Waals surface area contributed by atoms with Crippen LogP contribution < -0.4 is 0 Å². The normalized spacial score (nSPS) is 16.4. The van der Waals surface area contributed by atoms with Crippen LogP contribution in [0.15, 0.2) is 42.0 Å². The van der Waals surface area contributed by atoms with Crippen molar-refractivity contribution < 1.29 is 19.8 Å². The number of carbonyl (C=O) groups excluding carboxylic acids is 1. The second kappa shape index (κ2) is 10.4. The molecular formula is C23H34O4. The van der Waals surface area contributed by atoms with Gasteiger partial charge in [-0.15, -0.1) is 0 Å². The van der Waals surface area contributed by atoms with Gasteiger partial charge in [0.05, 0.1) is 12.0 Å². The Morgan fingerprint density at radius 3 is 2.07 bits per heavy atom. The lowest BCUT2D eigenvalue weighted by Gasteiger charge is -2.28. The minimum atomic E-state index is -0.972. The summed E-state index contributed by atoms with van der Waals surface area (Å²) in [6, 6.07) is 9.20. The third-order valence-corrected chi connectivity index (χ3v) is 5.93. The molecule has 2 unspecified atom stereocenters. The molecule has 0 heterocycles. The summed E-state index contributed by atoms with van der Waals surface area (Å²) in [5.41, 5.74) is 0.660. The molecule has 0 radical (unpaired) electrons. The van der Waals surface area contributed by atoms with Crippen LogP contribution in [-0.4, -0.2) is 28.6 Å². The summed E-state index contributed by atoms with van der Waals surface area (Å²) in [6.45, 7) is 7.78. The first-order valence-electron chi connectivity index (χ1n) is 9.74. The summed E-state index contributed by atoms with van der Waals surface area (Å²) < 4.78 is 0. The van der Waals surface area contributed by atoms with Crippen molar-refractivity contribution in [1.82, 2.24) is 0 Å². The predicted octanol–water partition coefficient (Wildman–Crippen LogP) is 4.90. The first-order chi connectivity index (χ1) is 12.7. The topological polar surface area (TPSA) is 74.6 Å². The van der Waals surface area contributed by atoms with E-state index in [1.807, 2.05) is 57.2 Å². The van der Waals surface area contributed by atoms with Crippen LogP contribution in [0.5, 0.6) is 0 Å². The zero-order valence-electron chi connectivity index (χ0n) is 17.1. The van der Waals surface area contributed by atoms with E-state index in [0.717, 1.165) is 24.0 Å². The average molecular weight is 375 g/mol. The molecule has 4 heteroatoms. The zero-order chi connectivity index (χ0) is 20.5. The number of ketones is 1. The number of aliphatic hydroxyl groups excluding tert-OH is 1. The summed E-state index contributed by atoms with van der Waals surface area (Å²) in [4.78, 5) is 24.0. The Bertz CT molecular complexity index is 650. The highest BCUT2D eigenvalue weighted by atomic mass is 16.4. The summed E-state index contributed by atoms with van der Waals surface area (Å²) in [7, 11) is 0. The van der Waals surface area contributed by atoms with Gasteiger partial charge in [-0.3, -0.25) is 9.59 Å². The van der Waals surface area contributed by atoms with Gasteiger partial charge in [-0.25, -0.2) is 0 Å². The zero-order valence-corrected chi connectivity index (χ0v) is 17.1. The Kier molecular flexibility index (Phi) is 8.91. The SMILES string of the molecule is C/C=C(\C)C(C)(CO)CCCC(=O)CCCC(C)(C(=O)O)c1ccccc1. The molecule has 1 rings (SSSR count). The van der Waals surface area contributed by atoms with E-state index in [1.165, 1.54) is 0 Å². The molecule has 4 nitrogen and oxygen atoms in total. The van der Waals surface area contributed by atoms with Crippen molar-refractivity contribution in [3.05, 3.63) is 47.5 Å². The molecule has 0 spiro atoms. The van der Waals surface area contributed by atoms with Crippen molar-refractivity contribution in [3.8, 4) is 0 Å². The Balaban J connectivity index is 2.51. The van der Waals surface area contributed by atoms with E-state index in [4.69, 9.17) is 0 Å². The lowest BCUT2D eigenvalue weighted by atomic mass is 9.77. The third kappa shape index (κ3) is 6.31. The van der Waals surface area contributed by atoms with Gasteiger partial charge in [0.2, 0.25) is 0 Å². The van der Waals surface area contributed by atoms with Gasteiger partial charge in [-0.1, -0.05) is 48.9 Å². The monoisotopic (exact) mass is 374 g/mol. The van der Waals surface area contributed by atoms with Crippen LogP contribution in [0.25, 0.3) is 0 Å². The number of hydrogen-bond acceptors (Lipinski definition) is 3. The van der Waals surface area contributed by atoms with E-state index in [0.29, 0.717) is 25.7 Å². The minimum absolute atomic E-state index is 0.0748. The van der Waals surface area contributed by atoms with Gasteiger partial charge in [0, 0.05) is 18.3 Å². The molecule has 0 saturated carbocycles. The molecular weight excluding hydrogens is 340 g/mol. The molecule has 0 aromatic heterocycles. The Morgan fingerprint density at radius 1 is 1.04 bits per heavy atom. The number of carboxylic acids is 1. The first-order valence-corrected chi connectivity index (χ1v) is 9.74. The van der Waals surface area contributed by atoms with Crippen LogP contribution in [0, 0.1) is 5.41 Å². The largest absolute Gasteiger partial charge is 0.481 e. The Hall–Kier alpha value is -1.94. The predicted molar refractivity (Wildman–Crippen MR) is 109 cm³/mol. The molecule has 0 saturated heterocycles. The van der Waals surface area contributed by atoms with Crippen LogP contribution in [0.2, 0.25) is 0 Å². The number of carbonyl (C=O) groups is 2. The number of aliphatic hydroxyl groups is 1. The second-order valence-electron chi connectivity index (χ2n) is 7.94. The molecule has 1 aromatic rings. The smallest absolute Gasteiger partial charge is 0.313 e. The van der Waals surface area contributed by atoms with E-state index in [9.17, 15) is 19.8 Å². The molecule has 0 aliphatic rings. The van der Waals surface area contributed by atoms with Crippen molar-refractivity contribution in [2.45, 2.75) is 71.6 Å². The fourth-order valence-electron chi connectivity index (χ4n) is 3.37. The van der Waals surface area contributed by atoms with E-state index in [2.05, 4.69) is 0 Å².